The van der Waals surface area contributed by atoms with Crippen molar-refractivity contribution in [2.24, 2.45) is 22.7 Å². The third-order valence-corrected chi connectivity index (χ3v) is 6.36. The fourth-order valence-corrected chi connectivity index (χ4v) is 5.04. The van der Waals surface area contributed by atoms with E-state index < -0.39 is 0 Å². The molecule has 0 aromatic carbocycles. The summed E-state index contributed by atoms with van der Waals surface area (Å²) in [7, 11) is 0. The van der Waals surface area contributed by atoms with Crippen LogP contribution in [-0.4, -0.2) is 0 Å². The smallest absolute Gasteiger partial charge is 0.00854 e. The first kappa shape index (κ1) is 12.5. The molecule has 0 nitrogen and oxygen atoms in total. The predicted molar refractivity (Wildman–Crippen MR) is 78.4 cm³/mol. The molecule has 0 radical (unpaired) electrons. The Balaban J connectivity index is 1.92. The molecule has 0 spiro atoms. The molecule has 18 heavy (non-hydrogen) atoms. The van der Waals surface area contributed by atoms with Crippen LogP contribution < -0.4 is 0 Å². The first-order valence-electron chi connectivity index (χ1n) is 7.91. The lowest BCUT2D eigenvalue weighted by atomic mass is 9.52. The van der Waals surface area contributed by atoms with Gasteiger partial charge in [0.2, 0.25) is 0 Å². The van der Waals surface area contributed by atoms with Gasteiger partial charge in [0.05, 0.1) is 0 Å². The lowest BCUT2D eigenvalue weighted by Gasteiger charge is -2.53. The molecule has 2 fully saturated rings. The molecule has 0 aromatic heterocycles. The lowest BCUT2D eigenvalue weighted by molar-refractivity contribution is 0.0791. The van der Waals surface area contributed by atoms with Crippen LogP contribution in [0, 0.1) is 22.7 Å². The largest absolute Gasteiger partial charge is 0.103 e. The number of hydrogen-bond acceptors (Lipinski definition) is 0. The monoisotopic (exact) mass is 244 g/mol. The summed E-state index contributed by atoms with van der Waals surface area (Å²) in [6.45, 7) is 9.03. The molecular weight excluding hydrogens is 216 g/mol. The summed E-state index contributed by atoms with van der Waals surface area (Å²) in [4.78, 5) is 0. The summed E-state index contributed by atoms with van der Waals surface area (Å²) in [5, 5.41) is 0. The van der Waals surface area contributed by atoms with Crippen molar-refractivity contribution in [1.29, 1.82) is 0 Å². The van der Waals surface area contributed by atoms with Gasteiger partial charge in [-0.15, -0.1) is 6.58 Å². The highest BCUT2D eigenvalue weighted by Crippen LogP contribution is 2.59. The Hall–Kier alpha value is -0.520. The molecule has 0 heteroatoms. The number of rotatable bonds is 1. The number of fused-ring (bicyclic) bond motifs is 3. The van der Waals surface area contributed by atoms with Gasteiger partial charge in [0.25, 0.3) is 0 Å². The van der Waals surface area contributed by atoms with E-state index in [-0.39, 0.29) is 0 Å². The number of hydrogen-bond donors (Lipinski definition) is 0. The van der Waals surface area contributed by atoms with Crippen molar-refractivity contribution >= 4 is 0 Å². The summed E-state index contributed by atoms with van der Waals surface area (Å²) < 4.78 is 0. The Bertz CT molecular complexity index is 377. The van der Waals surface area contributed by atoms with Gasteiger partial charge in [0, 0.05) is 0 Å². The second-order valence-corrected chi connectivity index (χ2v) is 7.56. The quantitative estimate of drug-likeness (QED) is 0.534. The predicted octanol–water partition coefficient (Wildman–Crippen LogP) is 5.51. The summed E-state index contributed by atoms with van der Waals surface area (Å²) in [6.07, 6.45) is 16.2. The highest BCUT2D eigenvalue weighted by Gasteiger charge is 2.47. The topological polar surface area (TPSA) is 0 Å². The van der Waals surface area contributed by atoms with Crippen molar-refractivity contribution < 1.29 is 0 Å². The van der Waals surface area contributed by atoms with E-state index in [4.69, 9.17) is 0 Å². The molecule has 0 bridgehead atoms. The lowest BCUT2D eigenvalue weighted by Crippen LogP contribution is -2.42. The molecule has 3 aliphatic carbocycles. The average molecular weight is 244 g/mol. The maximum atomic E-state index is 4.06. The maximum Gasteiger partial charge on any atom is -0.00854 e. The van der Waals surface area contributed by atoms with Crippen molar-refractivity contribution in [1.82, 2.24) is 0 Å². The third kappa shape index (κ3) is 1.80. The van der Waals surface area contributed by atoms with Crippen LogP contribution in [0.4, 0.5) is 0 Å². The zero-order chi connectivity index (χ0) is 12.8. The standard InChI is InChI=1S/C18H28/c1-4-17(2)12-10-16-14(13-17)8-9-15-7-5-6-11-18(15,16)3/h4,10,14-15H,1,5-9,11-13H2,2-3H3/t14?,15?,17-,18+/m0/s1. The van der Waals surface area contributed by atoms with Crippen LogP contribution in [0.1, 0.15) is 65.2 Å². The molecule has 2 unspecified atom stereocenters. The minimum atomic E-state index is 0.367. The minimum absolute atomic E-state index is 0.367. The van der Waals surface area contributed by atoms with Crippen LogP contribution in [0.3, 0.4) is 0 Å². The zero-order valence-electron chi connectivity index (χ0n) is 12.2. The summed E-state index contributed by atoms with van der Waals surface area (Å²) in [5.74, 6) is 1.85. The molecule has 0 heterocycles. The molecule has 3 rings (SSSR count). The van der Waals surface area contributed by atoms with E-state index in [1.165, 1.54) is 51.4 Å². The first-order chi connectivity index (χ1) is 8.57. The number of allylic oxidation sites excluding steroid dienone is 3. The first-order valence-corrected chi connectivity index (χ1v) is 7.91. The Morgan fingerprint density at radius 1 is 1.22 bits per heavy atom. The van der Waals surface area contributed by atoms with Gasteiger partial charge in [-0.3, -0.25) is 0 Å². The van der Waals surface area contributed by atoms with E-state index in [0.717, 1.165) is 11.8 Å². The molecule has 0 N–H and O–H groups in total. The molecular formula is C18H28. The highest BCUT2D eigenvalue weighted by atomic mass is 14.5. The normalized spacial score (nSPS) is 47.8. The van der Waals surface area contributed by atoms with Gasteiger partial charge in [-0.2, -0.15) is 0 Å². The Morgan fingerprint density at radius 2 is 2.06 bits per heavy atom. The second-order valence-electron chi connectivity index (χ2n) is 7.56. The van der Waals surface area contributed by atoms with E-state index in [1.54, 1.807) is 0 Å². The SMILES string of the molecule is C=C[C@@]1(C)CC=C2C(CCC3CCCC[C@@]23C)C1. The summed E-state index contributed by atoms with van der Waals surface area (Å²) in [5.41, 5.74) is 2.77. The molecule has 0 aromatic rings. The van der Waals surface area contributed by atoms with Gasteiger partial charge in [-0.05, 0) is 61.2 Å². The van der Waals surface area contributed by atoms with E-state index >= 15 is 0 Å². The Labute approximate surface area is 113 Å². The van der Waals surface area contributed by atoms with Crippen LogP contribution in [0.5, 0.6) is 0 Å². The van der Waals surface area contributed by atoms with Crippen LogP contribution in [0.25, 0.3) is 0 Å². The van der Waals surface area contributed by atoms with Crippen molar-refractivity contribution in [2.45, 2.75) is 65.2 Å². The van der Waals surface area contributed by atoms with Crippen LogP contribution >= 0.6 is 0 Å². The van der Waals surface area contributed by atoms with Gasteiger partial charge in [-0.1, -0.05) is 44.4 Å². The van der Waals surface area contributed by atoms with E-state index in [0.29, 0.717) is 10.8 Å². The van der Waals surface area contributed by atoms with E-state index in [1.807, 2.05) is 5.57 Å². The molecule has 0 amide bonds. The fraction of sp³-hybridized carbons (Fsp3) is 0.778. The highest BCUT2D eigenvalue weighted by molar-refractivity contribution is 5.26. The Kier molecular flexibility index (Phi) is 2.95. The van der Waals surface area contributed by atoms with E-state index in [9.17, 15) is 0 Å². The average Bonchev–Trinajstić information content (AvgIpc) is 2.38. The van der Waals surface area contributed by atoms with Crippen LogP contribution in [-0.2, 0) is 0 Å². The van der Waals surface area contributed by atoms with Crippen molar-refractivity contribution in [3.05, 3.63) is 24.3 Å². The van der Waals surface area contributed by atoms with Crippen molar-refractivity contribution in [2.75, 3.05) is 0 Å². The van der Waals surface area contributed by atoms with Gasteiger partial charge >= 0.3 is 0 Å². The Morgan fingerprint density at radius 3 is 2.83 bits per heavy atom. The third-order valence-electron chi connectivity index (χ3n) is 6.36. The second kappa shape index (κ2) is 4.25. The van der Waals surface area contributed by atoms with Crippen LogP contribution in [0.15, 0.2) is 24.3 Å². The fourth-order valence-electron chi connectivity index (χ4n) is 5.04. The van der Waals surface area contributed by atoms with E-state index in [2.05, 4.69) is 32.6 Å². The molecule has 0 aliphatic heterocycles. The van der Waals surface area contributed by atoms with Gasteiger partial charge < -0.3 is 0 Å². The zero-order valence-corrected chi connectivity index (χ0v) is 12.2. The molecule has 100 valence electrons. The molecule has 4 atom stereocenters. The van der Waals surface area contributed by atoms with Gasteiger partial charge in [0.15, 0.2) is 0 Å². The van der Waals surface area contributed by atoms with Crippen molar-refractivity contribution in [3.8, 4) is 0 Å². The van der Waals surface area contributed by atoms with Gasteiger partial charge in [0.1, 0.15) is 0 Å². The molecule has 2 saturated carbocycles. The van der Waals surface area contributed by atoms with Crippen molar-refractivity contribution in [3.63, 3.8) is 0 Å². The van der Waals surface area contributed by atoms with Gasteiger partial charge in [-0.25, -0.2) is 0 Å². The van der Waals surface area contributed by atoms with Crippen LogP contribution in [0.2, 0.25) is 0 Å². The minimum Gasteiger partial charge on any atom is -0.103 e. The maximum absolute atomic E-state index is 4.06. The molecule has 3 aliphatic rings. The summed E-state index contributed by atoms with van der Waals surface area (Å²) >= 11 is 0. The summed E-state index contributed by atoms with van der Waals surface area (Å²) in [6, 6.07) is 0. The molecule has 0 saturated heterocycles.